The molecule has 2 aromatic carbocycles. The molecule has 0 spiro atoms. The molecule has 0 heterocycles. The lowest BCUT2D eigenvalue weighted by molar-refractivity contribution is -0.384. The van der Waals surface area contributed by atoms with E-state index in [1.807, 2.05) is 0 Å². The second kappa shape index (κ2) is 5.30. The molecule has 0 aromatic heterocycles. The summed E-state index contributed by atoms with van der Waals surface area (Å²) in [6.45, 7) is 1.64. The monoisotopic (exact) mass is 291 g/mol. The summed E-state index contributed by atoms with van der Waals surface area (Å²) in [7, 11) is -3.88. The largest absolute Gasteiger partial charge is 0.572 e. The predicted molar refractivity (Wildman–Crippen MR) is 74.5 cm³/mol. The zero-order chi connectivity index (χ0) is 14.8. The van der Waals surface area contributed by atoms with Crippen molar-refractivity contribution >= 4 is 21.4 Å². The van der Waals surface area contributed by atoms with Gasteiger partial charge in [-0.3, -0.25) is 10.1 Å². The molecule has 0 aliphatic rings. The summed E-state index contributed by atoms with van der Waals surface area (Å²) in [6, 6.07) is 11.6. The van der Waals surface area contributed by atoms with Crippen LogP contribution in [0.4, 0.5) is 11.4 Å². The van der Waals surface area contributed by atoms with E-state index in [1.165, 1.54) is 24.3 Å². The van der Waals surface area contributed by atoms with E-state index in [0.717, 1.165) is 6.07 Å². The average molecular weight is 291 g/mol. The number of nitrogens with zero attached hydrogens (tertiary/aromatic N) is 2. The Kier molecular flexibility index (Phi) is 3.71. The van der Waals surface area contributed by atoms with Crippen molar-refractivity contribution in [1.82, 2.24) is 0 Å². The summed E-state index contributed by atoms with van der Waals surface area (Å²) in [5, 5.41) is 10.7. The van der Waals surface area contributed by atoms with Crippen molar-refractivity contribution in [3.05, 3.63) is 68.9 Å². The van der Waals surface area contributed by atoms with Crippen LogP contribution in [0.25, 0.3) is 4.72 Å². The molecular weight excluding hydrogens is 280 g/mol. The first kappa shape index (κ1) is 14.0. The van der Waals surface area contributed by atoms with Crippen molar-refractivity contribution in [2.45, 2.75) is 11.8 Å². The molecule has 0 fully saturated rings. The Hall–Kier alpha value is -2.41. The SMILES string of the molecule is Cc1ccc([N+](=O)[O-])cc1[N-]S(=O)(=O)c1ccccc1. The van der Waals surface area contributed by atoms with E-state index in [1.54, 1.807) is 25.1 Å². The molecule has 0 unspecified atom stereocenters. The summed E-state index contributed by atoms with van der Waals surface area (Å²) < 4.78 is 27.9. The molecule has 0 aliphatic heterocycles. The van der Waals surface area contributed by atoms with Gasteiger partial charge in [0.25, 0.3) is 5.69 Å². The van der Waals surface area contributed by atoms with Crippen LogP contribution in [0, 0.1) is 17.0 Å². The normalized spacial score (nSPS) is 11.1. The molecule has 2 aromatic rings. The number of nitro groups is 1. The fourth-order valence-corrected chi connectivity index (χ4v) is 2.65. The molecule has 2 rings (SSSR count). The van der Waals surface area contributed by atoms with E-state index in [0.29, 0.717) is 5.56 Å². The van der Waals surface area contributed by atoms with Crippen LogP contribution in [0.2, 0.25) is 0 Å². The number of aryl methyl sites for hydroxylation is 1. The lowest BCUT2D eigenvalue weighted by Crippen LogP contribution is -1.98. The molecule has 0 amide bonds. The minimum Gasteiger partial charge on any atom is -0.572 e. The maximum absolute atomic E-state index is 12.1. The van der Waals surface area contributed by atoms with Crippen LogP contribution in [0.3, 0.4) is 0 Å². The molecule has 20 heavy (non-hydrogen) atoms. The fraction of sp³-hybridized carbons (Fsp3) is 0.0769. The van der Waals surface area contributed by atoms with Gasteiger partial charge in [0.15, 0.2) is 0 Å². The van der Waals surface area contributed by atoms with Gasteiger partial charge in [-0.15, -0.1) is 5.69 Å². The number of hydrogen-bond acceptors (Lipinski definition) is 4. The Bertz CT molecular complexity index is 742. The van der Waals surface area contributed by atoms with Crippen LogP contribution < -0.4 is 0 Å². The summed E-state index contributed by atoms with van der Waals surface area (Å²) in [6.07, 6.45) is 0. The van der Waals surface area contributed by atoms with Gasteiger partial charge in [-0.2, -0.15) is 0 Å². The number of non-ortho nitro benzene ring substituents is 1. The first-order valence-corrected chi connectivity index (χ1v) is 7.12. The van der Waals surface area contributed by atoms with Crippen molar-refractivity contribution < 1.29 is 13.3 Å². The van der Waals surface area contributed by atoms with E-state index in [2.05, 4.69) is 4.72 Å². The zero-order valence-corrected chi connectivity index (χ0v) is 11.4. The van der Waals surface area contributed by atoms with E-state index in [4.69, 9.17) is 0 Å². The van der Waals surface area contributed by atoms with Gasteiger partial charge in [-0.1, -0.05) is 29.8 Å². The minimum atomic E-state index is -3.88. The Morgan fingerprint density at radius 3 is 2.35 bits per heavy atom. The first-order chi connectivity index (χ1) is 9.40. The highest BCUT2D eigenvalue weighted by molar-refractivity contribution is 7.94. The van der Waals surface area contributed by atoms with E-state index in [-0.39, 0.29) is 16.3 Å². The second-order valence-corrected chi connectivity index (χ2v) is 5.71. The topological polar surface area (TPSA) is 91.4 Å². The standard InChI is InChI=1S/C13H11N2O4S/c1-10-7-8-11(15(16)17)9-13(10)14-20(18,19)12-5-3-2-4-6-12/h2-9H,1H3/q-1. The highest BCUT2D eigenvalue weighted by Crippen LogP contribution is 2.33. The summed E-state index contributed by atoms with van der Waals surface area (Å²) in [5.74, 6) is 0. The molecule has 0 aliphatic carbocycles. The average Bonchev–Trinajstić information content (AvgIpc) is 2.42. The van der Waals surface area contributed by atoms with Crippen molar-refractivity contribution in [1.29, 1.82) is 0 Å². The molecule has 104 valence electrons. The quantitative estimate of drug-likeness (QED) is 0.638. The summed E-state index contributed by atoms with van der Waals surface area (Å²) >= 11 is 0. The molecule has 0 saturated carbocycles. The zero-order valence-electron chi connectivity index (χ0n) is 10.6. The van der Waals surface area contributed by atoms with Gasteiger partial charge in [0.1, 0.15) is 10.0 Å². The molecular formula is C13H11N2O4S-. The van der Waals surface area contributed by atoms with Gasteiger partial charge < -0.3 is 4.72 Å². The third-order valence-electron chi connectivity index (χ3n) is 2.66. The number of sulfonamides is 1. The van der Waals surface area contributed by atoms with Gasteiger partial charge in [0, 0.05) is 12.1 Å². The van der Waals surface area contributed by atoms with Crippen LogP contribution in [0.5, 0.6) is 0 Å². The highest BCUT2D eigenvalue weighted by atomic mass is 32.2. The fourth-order valence-electron chi connectivity index (χ4n) is 1.58. The number of benzene rings is 2. The number of hydrogen-bond donors (Lipinski definition) is 0. The lowest BCUT2D eigenvalue weighted by Gasteiger charge is -2.23. The van der Waals surface area contributed by atoms with Crippen molar-refractivity contribution in [3.8, 4) is 0 Å². The predicted octanol–water partition coefficient (Wildman–Crippen LogP) is 3.30. The Morgan fingerprint density at radius 2 is 1.75 bits per heavy atom. The minimum absolute atomic E-state index is 0.0471. The van der Waals surface area contributed by atoms with Crippen LogP contribution in [0.1, 0.15) is 5.56 Å². The van der Waals surface area contributed by atoms with Gasteiger partial charge in [0.05, 0.1) is 9.82 Å². The van der Waals surface area contributed by atoms with Gasteiger partial charge in [-0.25, -0.2) is 8.42 Å². The van der Waals surface area contributed by atoms with Crippen LogP contribution in [-0.2, 0) is 10.0 Å². The molecule has 0 bridgehead atoms. The van der Waals surface area contributed by atoms with Crippen LogP contribution in [-0.4, -0.2) is 13.3 Å². The van der Waals surface area contributed by atoms with E-state index >= 15 is 0 Å². The van der Waals surface area contributed by atoms with Crippen molar-refractivity contribution in [2.24, 2.45) is 0 Å². The first-order valence-electron chi connectivity index (χ1n) is 5.68. The summed E-state index contributed by atoms with van der Waals surface area (Å²) in [4.78, 5) is 10.2. The van der Waals surface area contributed by atoms with Gasteiger partial charge in [-0.05, 0) is 19.1 Å². The Labute approximate surface area is 116 Å². The summed E-state index contributed by atoms with van der Waals surface area (Å²) in [5.41, 5.74) is 0.427. The molecule has 0 N–H and O–H groups in total. The van der Waals surface area contributed by atoms with E-state index in [9.17, 15) is 18.5 Å². The maximum atomic E-state index is 12.1. The third-order valence-corrected chi connectivity index (χ3v) is 3.97. The van der Waals surface area contributed by atoms with Gasteiger partial charge in [0.2, 0.25) is 0 Å². The smallest absolute Gasteiger partial charge is 0.268 e. The van der Waals surface area contributed by atoms with E-state index < -0.39 is 14.9 Å². The molecule has 6 nitrogen and oxygen atoms in total. The van der Waals surface area contributed by atoms with Gasteiger partial charge >= 0.3 is 0 Å². The van der Waals surface area contributed by atoms with Crippen molar-refractivity contribution in [2.75, 3.05) is 0 Å². The molecule has 0 radical (unpaired) electrons. The maximum Gasteiger partial charge on any atom is 0.268 e. The number of rotatable bonds is 4. The second-order valence-electron chi connectivity index (χ2n) is 4.11. The number of nitro benzene ring substituents is 1. The molecule has 7 heteroatoms. The van der Waals surface area contributed by atoms with Crippen LogP contribution in [0.15, 0.2) is 53.4 Å². The lowest BCUT2D eigenvalue weighted by atomic mass is 10.2. The van der Waals surface area contributed by atoms with Crippen molar-refractivity contribution in [3.63, 3.8) is 0 Å². The third kappa shape index (κ3) is 2.94. The molecule has 0 saturated heterocycles. The Morgan fingerprint density at radius 1 is 1.10 bits per heavy atom. The molecule has 0 atom stereocenters. The highest BCUT2D eigenvalue weighted by Gasteiger charge is 2.08. The Balaban J connectivity index is 2.39. The van der Waals surface area contributed by atoms with Crippen LogP contribution >= 0.6 is 0 Å².